The van der Waals surface area contributed by atoms with Gasteiger partial charge in [0.1, 0.15) is 0 Å². The molecule has 0 aliphatic carbocycles. The van der Waals surface area contributed by atoms with Crippen molar-refractivity contribution in [3.8, 4) is 0 Å². The fourth-order valence-electron chi connectivity index (χ4n) is 0.847. The van der Waals surface area contributed by atoms with Crippen LogP contribution in [0.3, 0.4) is 0 Å². The van der Waals surface area contributed by atoms with Crippen LogP contribution in [-0.4, -0.2) is 15.0 Å². The maximum absolute atomic E-state index is 10.5. The molecule has 0 amide bonds. The Bertz CT molecular complexity index is 335. The van der Waals surface area contributed by atoms with Crippen LogP contribution in [0.15, 0.2) is 17.2 Å². The summed E-state index contributed by atoms with van der Waals surface area (Å²) < 4.78 is 0. The van der Waals surface area contributed by atoms with Gasteiger partial charge in [0.25, 0.3) is 0 Å². The van der Waals surface area contributed by atoms with E-state index < -0.39 is 0 Å². The molecular weight excluding hydrogens is 118 g/mol. The summed E-state index contributed by atoms with van der Waals surface area (Å²) in [6, 6.07) is 0. The van der Waals surface area contributed by atoms with Crippen LogP contribution in [0.4, 0.5) is 0 Å². The van der Waals surface area contributed by atoms with Crippen molar-refractivity contribution < 1.29 is 0 Å². The molecule has 0 saturated carbocycles. The van der Waals surface area contributed by atoms with E-state index in [4.69, 9.17) is 0 Å². The second-order valence-corrected chi connectivity index (χ2v) is 1.86. The van der Waals surface area contributed by atoms with Gasteiger partial charge in [-0.3, -0.25) is 0 Å². The topological polar surface area (TPSA) is 64.4 Å². The summed E-state index contributed by atoms with van der Waals surface area (Å²) in [6.45, 7) is 0. The molecule has 0 radical (unpaired) electrons. The van der Waals surface area contributed by atoms with Crippen LogP contribution >= 0.6 is 0 Å². The fourth-order valence-corrected chi connectivity index (χ4v) is 0.847. The molecule has 0 unspecified atom stereocenters. The Labute approximate surface area is 49.9 Å². The van der Waals surface area contributed by atoms with E-state index in [2.05, 4.69) is 15.0 Å². The van der Waals surface area contributed by atoms with Crippen LogP contribution in [0.25, 0.3) is 11.0 Å². The molecule has 9 heavy (non-hydrogen) atoms. The molecule has 4 nitrogen and oxygen atoms in total. The maximum Gasteiger partial charge on any atom is 0.323 e. The van der Waals surface area contributed by atoms with E-state index in [9.17, 15) is 4.79 Å². The maximum atomic E-state index is 10.5. The van der Waals surface area contributed by atoms with Crippen molar-refractivity contribution in [1.82, 2.24) is 15.0 Å². The Kier molecular flexibility index (Phi) is 0.631. The van der Waals surface area contributed by atoms with Gasteiger partial charge in [-0.05, 0) is 0 Å². The zero-order chi connectivity index (χ0) is 6.27. The van der Waals surface area contributed by atoms with Crippen molar-refractivity contribution >= 4 is 11.0 Å². The normalized spacial score (nSPS) is 10.7. The minimum Gasteiger partial charge on any atom is -0.364 e. The summed E-state index contributed by atoms with van der Waals surface area (Å²) in [5, 5.41) is 0. The molecule has 0 fully saturated rings. The van der Waals surface area contributed by atoms with Crippen LogP contribution in [0.2, 0.25) is 0 Å². The summed E-state index contributed by atoms with van der Waals surface area (Å²) in [5.41, 5.74) is 1.48. The molecule has 2 rings (SSSR count). The van der Waals surface area contributed by atoms with E-state index in [1.807, 2.05) is 0 Å². The number of nitrogens with one attached hydrogen (secondary N) is 3. The molecule has 3 N–H and O–H groups in total. The standard InChI is InChI=1S/C5H5N3O/c9-5-7-3-1-6-2-4(3)8-5/h1-2,6H,(H2,7,8,9). The van der Waals surface area contributed by atoms with E-state index in [1.165, 1.54) is 0 Å². The molecule has 2 heterocycles. The number of hydrogen-bond acceptors (Lipinski definition) is 1. The van der Waals surface area contributed by atoms with Gasteiger partial charge < -0.3 is 15.0 Å². The third kappa shape index (κ3) is 0.495. The van der Waals surface area contributed by atoms with E-state index in [1.54, 1.807) is 12.4 Å². The molecule has 2 aromatic rings. The smallest absolute Gasteiger partial charge is 0.323 e. The van der Waals surface area contributed by atoms with Gasteiger partial charge in [-0.2, -0.15) is 0 Å². The van der Waals surface area contributed by atoms with Gasteiger partial charge in [0.15, 0.2) is 0 Å². The highest BCUT2D eigenvalue weighted by Crippen LogP contribution is 2.01. The minimum atomic E-state index is -0.158. The van der Waals surface area contributed by atoms with Gasteiger partial charge >= 0.3 is 5.69 Å². The van der Waals surface area contributed by atoms with Crippen molar-refractivity contribution in [2.45, 2.75) is 0 Å². The molecule has 0 saturated heterocycles. The van der Waals surface area contributed by atoms with Gasteiger partial charge in [0.05, 0.1) is 11.0 Å². The first-order valence-corrected chi connectivity index (χ1v) is 2.61. The molecule has 0 aliphatic heterocycles. The summed E-state index contributed by atoms with van der Waals surface area (Å²) in [5.74, 6) is 0. The van der Waals surface area contributed by atoms with E-state index in [-0.39, 0.29) is 5.69 Å². The molecule has 46 valence electrons. The van der Waals surface area contributed by atoms with Gasteiger partial charge in [0, 0.05) is 12.4 Å². The Morgan fingerprint density at radius 3 is 2.22 bits per heavy atom. The zero-order valence-corrected chi connectivity index (χ0v) is 4.56. The molecular formula is C5H5N3O. The highest BCUT2D eigenvalue weighted by Gasteiger charge is 1.94. The molecule has 0 atom stereocenters. The van der Waals surface area contributed by atoms with Gasteiger partial charge in [-0.25, -0.2) is 4.79 Å². The van der Waals surface area contributed by atoms with Crippen LogP contribution in [0.1, 0.15) is 0 Å². The summed E-state index contributed by atoms with van der Waals surface area (Å²) in [4.78, 5) is 18.6. The van der Waals surface area contributed by atoms with Gasteiger partial charge in [-0.1, -0.05) is 0 Å². The first-order chi connectivity index (χ1) is 4.36. The highest BCUT2D eigenvalue weighted by molar-refractivity contribution is 5.72. The molecule has 0 spiro atoms. The van der Waals surface area contributed by atoms with Crippen molar-refractivity contribution in [2.24, 2.45) is 0 Å². The van der Waals surface area contributed by atoms with E-state index in [0.29, 0.717) is 0 Å². The predicted molar refractivity (Wildman–Crippen MR) is 33.3 cm³/mol. The van der Waals surface area contributed by atoms with Crippen molar-refractivity contribution in [1.29, 1.82) is 0 Å². The van der Waals surface area contributed by atoms with Gasteiger partial charge in [-0.15, -0.1) is 0 Å². The zero-order valence-electron chi connectivity index (χ0n) is 4.56. The second-order valence-electron chi connectivity index (χ2n) is 1.86. The predicted octanol–water partition coefficient (Wildman–Crippen LogP) is 0.184. The molecule has 0 aliphatic rings. The largest absolute Gasteiger partial charge is 0.364 e. The molecule has 0 bridgehead atoms. The first-order valence-electron chi connectivity index (χ1n) is 2.61. The number of aromatic amines is 3. The number of imidazole rings is 1. The van der Waals surface area contributed by atoms with Gasteiger partial charge in [0.2, 0.25) is 0 Å². The third-order valence-electron chi connectivity index (χ3n) is 1.24. The minimum absolute atomic E-state index is 0.158. The lowest BCUT2D eigenvalue weighted by atomic mass is 10.5. The number of aromatic nitrogens is 3. The molecule has 0 aromatic carbocycles. The molecule has 4 heteroatoms. The SMILES string of the molecule is O=c1[nH]c2c[nH]cc2[nH]1. The number of H-pyrrole nitrogens is 3. The Morgan fingerprint density at radius 1 is 1.11 bits per heavy atom. The van der Waals surface area contributed by atoms with E-state index >= 15 is 0 Å². The van der Waals surface area contributed by atoms with Crippen LogP contribution in [0, 0.1) is 0 Å². The Balaban J connectivity index is 3.08. The average molecular weight is 123 g/mol. The Hall–Kier alpha value is -1.45. The first kappa shape index (κ1) is 4.43. The lowest BCUT2D eigenvalue weighted by Gasteiger charge is -1.63. The summed E-state index contributed by atoms with van der Waals surface area (Å²) in [7, 11) is 0. The van der Waals surface area contributed by atoms with E-state index in [0.717, 1.165) is 11.0 Å². The number of hydrogen-bond donors (Lipinski definition) is 3. The Morgan fingerprint density at radius 2 is 1.67 bits per heavy atom. The fraction of sp³-hybridized carbons (Fsp3) is 0. The third-order valence-corrected chi connectivity index (χ3v) is 1.24. The summed E-state index contributed by atoms with van der Waals surface area (Å²) >= 11 is 0. The lowest BCUT2D eigenvalue weighted by molar-refractivity contribution is 1.20. The van der Waals surface area contributed by atoms with Crippen molar-refractivity contribution in [3.05, 3.63) is 22.9 Å². The monoisotopic (exact) mass is 123 g/mol. The van der Waals surface area contributed by atoms with Crippen molar-refractivity contribution in [2.75, 3.05) is 0 Å². The quantitative estimate of drug-likeness (QED) is 0.459. The van der Waals surface area contributed by atoms with Crippen LogP contribution in [-0.2, 0) is 0 Å². The lowest BCUT2D eigenvalue weighted by Crippen LogP contribution is -1.99. The van der Waals surface area contributed by atoms with Crippen LogP contribution in [0.5, 0.6) is 0 Å². The number of fused-ring (bicyclic) bond motifs is 1. The van der Waals surface area contributed by atoms with Crippen LogP contribution < -0.4 is 5.69 Å². The number of rotatable bonds is 0. The summed E-state index contributed by atoms with van der Waals surface area (Å²) in [6.07, 6.45) is 3.46. The second kappa shape index (κ2) is 1.28. The average Bonchev–Trinajstić information content (AvgIpc) is 2.22. The highest BCUT2D eigenvalue weighted by atomic mass is 16.1. The molecule has 2 aromatic heterocycles. The van der Waals surface area contributed by atoms with Crippen molar-refractivity contribution in [3.63, 3.8) is 0 Å².